The van der Waals surface area contributed by atoms with Gasteiger partial charge in [0.1, 0.15) is 11.5 Å². The topological polar surface area (TPSA) is 116 Å². The Bertz CT molecular complexity index is 746. The molecule has 2 heterocycles. The van der Waals surface area contributed by atoms with Crippen molar-refractivity contribution in [2.45, 2.75) is 26.2 Å². The van der Waals surface area contributed by atoms with E-state index in [0.29, 0.717) is 5.92 Å². The van der Waals surface area contributed by atoms with Gasteiger partial charge in [-0.1, -0.05) is 12.1 Å². The molecule has 0 radical (unpaired) electrons. The SMILES string of the molecule is CC1CCc2onc(C(=O)Nc3cnn(C)c3C(N)=O)c2C1. The van der Waals surface area contributed by atoms with Gasteiger partial charge in [-0.3, -0.25) is 14.3 Å². The lowest BCUT2D eigenvalue weighted by Gasteiger charge is -2.16. The number of nitrogens with one attached hydrogen (secondary N) is 1. The summed E-state index contributed by atoms with van der Waals surface area (Å²) in [6.45, 7) is 2.13. The highest BCUT2D eigenvalue weighted by Crippen LogP contribution is 2.28. The third-order valence-corrected chi connectivity index (χ3v) is 3.92. The van der Waals surface area contributed by atoms with Crippen molar-refractivity contribution in [2.75, 3.05) is 5.32 Å². The first-order chi connectivity index (χ1) is 10.5. The number of aryl methyl sites for hydroxylation is 2. The van der Waals surface area contributed by atoms with E-state index in [2.05, 4.69) is 22.5 Å². The summed E-state index contributed by atoms with van der Waals surface area (Å²) >= 11 is 0. The quantitative estimate of drug-likeness (QED) is 0.873. The van der Waals surface area contributed by atoms with Crippen molar-refractivity contribution >= 4 is 17.5 Å². The molecule has 8 nitrogen and oxygen atoms in total. The van der Waals surface area contributed by atoms with Gasteiger partial charge in [0.15, 0.2) is 5.69 Å². The van der Waals surface area contributed by atoms with E-state index < -0.39 is 11.8 Å². The van der Waals surface area contributed by atoms with Crippen LogP contribution in [0.15, 0.2) is 10.7 Å². The number of aromatic nitrogens is 3. The average Bonchev–Trinajstić information content (AvgIpc) is 3.02. The first-order valence-corrected chi connectivity index (χ1v) is 7.08. The molecule has 0 spiro atoms. The van der Waals surface area contributed by atoms with Gasteiger partial charge in [0.25, 0.3) is 11.8 Å². The Balaban J connectivity index is 1.87. The molecule has 22 heavy (non-hydrogen) atoms. The second kappa shape index (κ2) is 5.28. The van der Waals surface area contributed by atoms with Crippen molar-refractivity contribution in [3.8, 4) is 0 Å². The molecule has 2 aromatic heterocycles. The van der Waals surface area contributed by atoms with Crippen LogP contribution in [0.5, 0.6) is 0 Å². The Morgan fingerprint density at radius 3 is 3.00 bits per heavy atom. The second-order valence-electron chi connectivity index (χ2n) is 5.63. The fourth-order valence-corrected chi connectivity index (χ4v) is 2.76. The van der Waals surface area contributed by atoms with Crippen LogP contribution in [0.2, 0.25) is 0 Å². The first kappa shape index (κ1) is 14.3. The molecule has 3 N–H and O–H groups in total. The summed E-state index contributed by atoms with van der Waals surface area (Å²) in [6, 6.07) is 0. The monoisotopic (exact) mass is 303 g/mol. The van der Waals surface area contributed by atoms with Gasteiger partial charge in [0.05, 0.1) is 11.9 Å². The lowest BCUT2D eigenvalue weighted by molar-refractivity contribution is 0.0992. The number of carbonyl (C=O) groups excluding carboxylic acids is 2. The Morgan fingerprint density at radius 2 is 2.27 bits per heavy atom. The van der Waals surface area contributed by atoms with Crippen molar-refractivity contribution in [3.63, 3.8) is 0 Å². The summed E-state index contributed by atoms with van der Waals surface area (Å²) in [6.07, 6.45) is 3.96. The molecule has 8 heteroatoms. The van der Waals surface area contributed by atoms with Gasteiger partial charge < -0.3 is 15.6 Å². The molecule has 0 aromatic carbocycles. The van der Waals surface area contributed by atoms with Crippen LogP contribution in [0.3, 0.4) is 0 Å². The standard InChI is InChI=1S/C14H17N5O3/c1-7-3-4-10-8(5-7)11(18-22-10)14(21)17-9-6-16-19(2)12(9)13(15)20/h6-7H,3-5H2,1-2H3,(H2,15,20)(H,17,21). The van der Waals surface area contributed by atoms with Crippen LogP contribution in [0.4, 0.5) is 5.69 Å². The summed E-state index contributed by atoms with van der Waals surface area (Å²) in [5.74, 6) is 0.170. The minimum absolute atomic E-state index is 0.138. The summed E-state index contributed by atoms with van der Waals surface area (Å²) in [5, 5.41) is 10.4. The lowest BCUT2D eigenvalue weighted by atomic mass is 9.88. The van der Waals surface area contributed by atoms with Gasteiger partial charge in [0.2, 0.25) is 0 Å². The van der Waals surface area contributed by atoms with E-state index in [1.54, 1.807) is 7.05 Å². The summed E-state index contributed by atoms with van der Waals surface area (Å²) < 4.78 is 6.57. The van der Waals surface area contributed by atoms with Crippen LogP contribution in [-0.2, 0) is 19.9 Å². The number of rotatable bonds is 3. The van der Waals surface area contributed by atoms with E-state index in [0.717, 1.165) is 30.6 Å². The van der Waals surface area contributed by atoms with E-state index in [9.17, 15) is 9.59 Å². The highest BCUT2D eigenvalue weighted by Gasteiger charge is 2.28. The van der Waals surface area contributed by atoms with Gasteiger partial charge in [-0.05, 0) is 18.8 Å². The molecule has 1 unspecified atom stereocenters. The van der Waals surface area contributed by atoms with Crippen molar-refractivity contribution in [1.29, 1.82) is 0 Å². The van der Waals surface area contributed by atoms with Crippen LogP contribution < -0.4 is 11.1 Å². The number of nitrogens with zero attached hydrogens (tertiary/aromatic N) is 3. The minimum atomic E-state index is -0.661. The second-order valence-corrected chi connectivity index (χ2v) is 5.63. The maximum absolute atomic E-state index is 12.4. The van der Waals surface area contributed by atoms with E-state index in [4.69, 9.17) is 10.3 Å². The molecule has 1 aliphatic carbocycles. The number of carbonyl (C=O) groups is 2. The molecule has 0 saturated carbocycles. The normalized spacial score (nSPS) is 17.1. The zero-order valence-electron chi connectivity index (χ0n) is 12.4. The highest BCUT2D eigenvalue weighted by atomic mass is 16.5. The van der Waals surface area contributed by atoms with Crippen LogP contribution >= 0.6 is 0 Å². The highest BCUT2D eigenvalue weighted by molar-refractivity contribution is 6.07. The molecule has 0 aliphatic heterocycles. The summed E-state index contributed by atoms with van der Waals surface area (Å²) in [5.41, 5.74) is 6.81. The smallest absolute Gasteiger partial charge is 0.278 e. The Hall–Kier alpha value is -2.64. The van der Waals surface area contributed by atoms with Crippen molar-refractivity contribution < 1.29 is 14.1 Å². The van der Waals surface area contributed by atoms with Gasteiger partial charge in [0, 0.05) is 19.0 Å². The van der Waals surface area contributed by atoms with E-state index in [-0.39, 0.29) is 17.1 Å². The minimum Gasteiger partial charge on any atom is -0.364 e. The molecule has 1 atom stereocenters. The van der Waals surface area contributed by atoms with Gasteiger partial charge in [-0.25, -0.2) is 0 Å². The van der Waals surface area contributed by atoms with Gasteiger partial charge in [-0.15, -0.1) is 0 Å². The van der Waals surface area contributed by atoms with Gasteiger partial charge in [-0.2, -0.15) is 5.10 Å². The number of nitrogens with two attached hydrogens (primary N) is 1. The molecule has 3 rings (SSSR count). The van der Waals surface area contributed by atoms with Crippen LogP contribution in [-0.4, -0.2) is 26.8 Å². The fraction of sp³-hybridized carbons (Fsp3) is 0.429. The fourth-order valence-electron chi connectivity index (χ4n) is 2.76. The number of fused-ring (bicyclic) bond motifs is 1. The predicted molar refractivity (Wildman–Crippen MR) is 77.4 cm³/mol. The molecule has 0 fully saturated rings. The first-order valence-electron chi connectivity index (χ1n) is 7.08. The molecule has 1 aliphatic rings. The molecule has 0 bridgehead atoms. The maximum Gasteiger partial charge on any atom is 0.278 e. The van der Waals surface area contributed by atoms with Gasteiger partial charge >= 0.3 is 0 Å². The Kier molecular flexibility index (Phi) is 3.44. The zero-order valence-corrected chi connectivity index (χ0v) is 12.4. The Morgan fingerprint density at radius 1 is 1.50 bits per heavy atom. The molecule has 2 amide bonds. The Labute approximate surface area is 126 Å². The number of hydrogen-bond acceptors (Lipinski definition) is 5. The van der Waals surface area contributed by atoms with E-state index >= 15 is 0 Å². The molecule has 2 aromatic rings. The van der Waals surface area contributed by atoms with E-state index in [1.165, 1.54) is 10.9 Å². The largest absolute Gasteiger partial charge is 0.364 e. The zero-order chi connectivity index (χ0) is 15.9. The predicted octanol–water partition coefficient (Wildman–Crippen LogP) is 0.884. The summed E-state index contributed by atoms with van der Waals surface area (Å²) in [4.78, 5) is 23.8. The van der Waals surface area contributed by atoms with Crippen molar-refractivity contribution in [3.05, 3.63) is 28.9 Å². The number of amides is 2. The summed E-state index contributed by atoms with van der Waals surface area (Å²) in [7, 11) is 1.58. The third-order valence-electron chi connectivity index (χ3n) is 3.92. The maximum atomic E-state index is 12.4. The molecular formula is C14H17N5O3. The van der Waals surface area contributed by atoms with Crippen LogP contribution in [0.1, 0.15) is 45.6 Å². The van der Waals surface area contributed by atoms with Crippen molar-refractivity contribution in [1.82, 2.24) is 14.9 Å². The molecular weight excluding hydrogens is 286 g/mol. The molecule has 116 valence electrons. The van der Waals surface area contributed by atoms with Crippen LogP contribution in [0.25, 0.3) is 0 Å². The van der Waals surface area contributed by atoms with Crippen molar-refractivity contribution in [2.24, 2.45) is 18.7 Å². The number of anilines is 1. The molecule has 0 saturated heterocycles. The van der Waals surface area contributed by atoms with E-state index in [1.807, 2.05) is 0 Å². The number of primary amides is 1. The van der Waals surface area contributed by atoms with Crippen LogP contribution in [0, 0.1) is 5.92 Å². The third kappa shape index (κ3) is 2.36. The lowest BCUT2D eigenvalue weighted by Crippen LogP contribution is -2.21. The number of hydrogen-bond donors (Lipinski definition) is 2. The average molecular weight is 303 g/mol.